The van der Waals surface area contributed by atoms with Crippen molar-refractivity contribution in [3.63, 3.8) is 0 Å². The summed E-state index contributed by atoms with van der Waals surface area (Å²) in [4.78, 5) is 1.98. The largest absolute Gasteiger partial charge is 0.465 e. The van der Waals surface area contributed by atoms with Crippen LogP contribution in [-0.2, 0) is 4.74 Å². The summed E-state index contributed by atoms with van der Waals surface area (Å²) in [5, 5.41) is 4.05. The summed E-state index contributed by atoms with van der Waals surface area (Å²) in [5.41, 5.74) is 1.38. The Morgan fingerprint density at radius 1 is 1.67 bits per heavy atom. The maximum atomic E-state index is 5.19. The molecule has 2 rings (SSSR count). The zero-order chi connectivity index (χ0) is 10.7. The molecule has 0 aliphatic carbocycles. The third-order valence-electron chi connectivity index (χ3n) is 2.46. The van der Waals surface area contributed by atoms with E-state index in [1.54, 1.807) is 0 Å². The van der Waals surface area contributed by atoms with Gasteiger partial charge in [-0.3, -0.25) is 0 Å². The number of allylic oxidation sites excluding steroid dienone is 1. The first kappa shape index (κ1) is 10.6. The minimum atomic E-state index is 0.476. The van der Waals surface area contributed by atoms with Gasteiger partial charge in [0.1, 0.15) is 0 Å². The van der Waals surface area contributed by atoms with Gasteiger partial charge >= 0.3 is 0 Å². The van der Waals surface area contributed by atoms with Crippen LogP contribution >= 0.6 is 12.6 Å². The van der Waals surface area contributed by atoms with E-state index in [2.05, 4.69) is 37.0 Å². The van der Waals surface area contributed by atoms with E-state index in [-0.39, 0.29) is 0 Å². The Morgan fingerprint density at radius 3 is 3.20 bits per heavy atom. The summed E-state index contributed by atoms with van der Waals surface area (Å²) >= 11 is 4.12. The first-order valence-electron chi connectivity index (χ1n) is 5.15. The maximum absolute atomic E-state index is 5.19. The molecule has 82 valence electrons. The number of nitrogens with one attached hydrogen (secondary N) is 1. The van der Waals surface area contributed by atoms with E-state index in [1.807, 2.05) is 17.3 Å². The molecule has 3 nitrogen and oxygen atoms in total. The molecule has 0 amide bonds. The molecule has 0 unspecified atom stereocenters. The van der Waals surface area contributed by atoms with Crippen LogP contribution in [0.1, 0.15) is 13.3 Å². The highest BCUT2D eigenvalue weighted by atomic mass is 32.1. The predicted octanol–water partition coefficient (Wildman–Crippen LogP) is 1.83. The van der Waals surface area contributed by atoms with Crippen molar-refractivity contribution < 1.29 is 4.74 Å². The molecule has 2 aliphatic heterocycles. The first-order chi connectivity index (χ1) is 7.24. The van der Waals surface area contributed by atoms with Gasteiger partial charge in [0.2, 0.25) is 0 Å². The van der Waals surface area contributed by atoms with Gasteiger partial charge in [-0.25, -0.2) is 0 Å². The summed E-state index contributed by atoms with van der Waals surface area (Å²) in [6.07, 6.45) is 9.40. The maximum Gasteiger partial charge on any atom is 0.169 e. The number of hydrogen-bond donors (Lipinski definition) is 2. The minimum Gasteiger partial charge on any atom is -0.465 e. The van der Waals surface area contributed by atoms with Crippen molar-refractivity contribution >= 4 is 12.6 Å². The van der Waals surface area contributed by atoms with E-state index in [4.69, 9.17) is 4.74 Å². The van der Waals surface area contributed by atoms with E-state index in [0.29, 0.717) is 17.9 Å². The molecule has 0 saturated heterocycles. The Balaban J connectivity index is 1.93. The Kier molecular flexibility index (Phi) is 3.38. The van der Waals surface area contributed by atoms with Gasteiger partial charge in [-0.1, -0.05) is 6.08 Å². The SMILES string of the molecule is C[C@@H]1C=C(/C=C/N2C=C(S)OC2)CCN1. The van der Waals surface area contributed by atoms with Crippen molar-refractivity contribution in [1.82, 2.24) is 10.2 Å². The molecule has 0 spiro atoms. The number of nitrogens with zero attached hydrogens (tertiary/aromatic N) is 1. The summed E-state index contributed by atoms with van der Waals surface area (Å²) in [5.74, 6) is 0. The van der Waals surface area contributed by atoms with Crippen LogP contribution in [0.2, 0.25) is 0 Å². The Morgan fingerprint density at radius 2 is 2.53 bits per heavy atom. The van der Waals surface area contributed by atoms with Crippen LogP contribution in [0.5, 0.6) is 0 Å². The number of hydrogen-bond acceptors (Lipinski definition) is 4. The molecule has 0 saturated carbocycles. The third-order valence-corrected chi connectivity index (χ3v) is 2.71. The average molecular weight is 224 g/mol. The molecule has 1 atom stereocenters. The Labute approximate surface area is 95.9 Å². The Bertz CT molecular complexity index is 323. The van der Waals surface area contributed by atoms with Crippen molar-refractivity contribution in [2.24, 2.45) is 0 Å². The standard InChI is InChI=1S/C11H16N2OS/c1-9-6-10(2-4-12-9)3-5-13-7-11(15)14-8-13/h3,5-7,9,12,15H,2,4,8H2,1H3/b5-3+/t9-/m1/s1. The predicted molar refractivity (Wildman–Crippen MR) is 64.2 cm³/mol. The van der Waals surface area contributed by atoms with E-state index in [1.165, 1.54) is 5.57 Å². The summed E-state index contributed by atoms with van der Waals surface area (Å²) < 4.78 is 5.19. The van der Waals surface area contributed by atoms with Crippen molar-refractivity contribution in [3.05, 3.63) is 35.2 Å². The van der Waals surface area contributed by atoms with Gasteiger partial charge in [-0.2, -0.15) is 0 Å². The molecule has 1 N–H and O–H groups in total. The minimum absolute atomic E-state index is 0.476. The lowest BCUT2D eigenvalue weighted by atomic mass is 10.1. The molecule has 0 radical (unpaired) electrons. The lowest BCUT2D eigenvalue weighted by molar-refractivity contribution is 0.197. The highest BCUT2D eigenvalue weighted by molar-refractivity contribution is 7.84. The molecule has 0 fully saturated rings. The molecule has 4 heteroatoms. The second-order valence-electron chi connectivity index (χ2n) is 3.81. The smallest absolute Gasteiger partial charge is 0.169 e. The molecular formula is C11H16N2OS. The molecule has 2 heterocycles. The van der Waals surface area contributed by atoms with Gasteiger partial charge in [0.15, 0.2) is 11.8 Å². The van der Waals surface area contributed by atoms with Crippen molar-refractivity contribution in [2.75, 3.05) is 13.3 Å². The van der Waals surface area contributed by atoms with Gasteiger partial charge in [-0.15, -0.1) is 12.6 Å². The quantitative estimate of drug-likeness (QED) is 0.700. The number of ether oxygens (including phenoxy) is 1. The third kappa shape index (κ3) is 3.04. The van der Waals surface area contributed by atoms with Crippen LogP contribution in [0.4, 0.5) is 0 Å². The molecule has 15 heavy (non-hydrogen) atoms. The van der Waals surface area contributed by atoms with E-state index in [9.17, 15) is 0 Å². The summed E-state index contributed by atoms with van der Waals surface area (Å²) in [7, 11) is 0. The van der Waals surface area contributed by atoms with Crippen LogP contribution < -0.4 is 5.32 Å². The molecule has 0 aromatic heterocycles. The average Bonchev–Trinajstić information content (AvgIpc) is 2.62. The fourth-order valence-corrected chi connectivity index (χ4v) is 1.89. The van der Waals surface area contributed by atoms with Crippen molar-refractivity contribution in [3.8, 4) is 0 Å². The molecule has 0 aromatic carbocycles. The molecular weight excluding hydrogens is 208 g/mol. The fraction of sp³-hybridized carbons (Fsp3) is 0.455. The van der Waals surface area contributed by atoms with E-state index >= 15 is 0 Å². The number of rotatable bonds is 2. The highest BCUT2D eigenvalue weighted by Crippen LogP contribution is 2.15. The van der Waals surface area contributed by atoms with E-state index < -0.39 is 0 Å². The zero-order valence-electron chi connectivity index (χ0n) is 8.81. The molecule has 0 aromatic rings. The van der Waals surface area contributed by atoms with E-state index in [0.717, 1.165) is 13.0 Å². The van der Waals surface area contributed by atoms with Crippen LogP contribution in [0, 0.1) is 0 Å². The summed E-state index contributed by atoms with van der Waals surface area (Å²) in [6.45, 7) is 3.79. The van der Waals surface area contributed by atoms with Gasteiger partial charge in [0, 0.05) is 12.2 Å². The monoisotopic (exact) mass is 224 g/mol. The molecule has 0 bridgehead atoms. The van der Waals surface area contributed by atoms with Crippen LogP contribution in [0.15, 0.2) is 35.2 Å². The zero-order valence-corrected chi connectivity index (χ0v) is 9.71. The lowest BCUT2D eigenvalue weighted by Crippen LogP contribution is -2.29. The van der Waals surface area contributed by atoms with Crippen LogP contribution in [0.3, 0.4) is 0 Å². The lowest BCUT2D eigenvalue weighted by Gasteiger charge is -2.17. The second-order valence-corrected chi connectivity index (χ2v) is 4.25. The van der Waals surface area contributed by atoms with Gasteiger partial charge in [0.25, 0.3) is 0 Å². The van der Waals surface area contributed by atoms with Gasteiger partial charge < -0.3 is 15.0 Å². The normalized spacial score (nSPS) is 26.5. The van der Waals surface area contributed by atoms with Crippen molar-refractivity contribution in [1.29, 1.82) is 0 Å². The highest BCUT2D eigenvalue weighted by Gasteiger charge is 2.08. The fourth-order valence-electron chi connectivity index (χ4n) is 1.68. The van der Waals surface area contributed by atoms with Gasteiger partial charge in [0.05, 0.1) is 6.20 Å². The van der Waals surface area contributed by atoms with Crippen molar-refractivity contribution in [2.45, 2.75) is 19.4 Å². The second kappa shape index (κ2) is 4.77. The van der Waals surface area contributed by atoms with Crippen LogP contribution in [0.25, 0.3) is 0 Å². The molecule has 2 aliphatic rings. The van der Waals surface area contributed by atoms with Crippen LogP contribution in [-0.4, -0.2) is 24.2 Å². The van der Waals surface area contributed by atoms with Gasteiger partial charge in [-0.05, 0) is 31.5 Å². The number of thiol groups is 1. The summed E-state index contributed by atoms with van der Waals surface area (Å²) in [6, 6.07) is 0.476. The topological polar surface area (TPSA) is 24.5 Å². The Hall–Kier alpha value is -0.870. The first-order valence-corrected chi connectivity index (χ1v) is 5.60.